The van der Waals surface area contributed by atoms with Crippen molar-refractivity contribution in [2.24, 2.45) is 4.99 Å². The number of nitrogens with zero attached hydrogens (tertiary/aromatic N) is 2. The van der Waals surface area contributed by atoms with E-state index in [1.165, 1.54) is 0 Å². The van der Waals surface area contributed by atoms with Gasteiger partial charge in [-0.3, -0.25) is 4.79 Å². The average molecular weight is 435 g/mol. The zero-order valence-corrected chi connectivity index (χ0v) is 18.8. The molecule has 0 unspecified atom stereocenters. The van der Waals surface area contributed by atoms with Crippen LogP contribution < -0.4 is 25.7 Å². The first-order valence-corrected chi connectivity index (χ1v) is 10.7. The minimum absolute atomic E-state index is 0.00606. The van der Waals surface area contributed by atoms with Crippen molar-refractivity contribution in [3.05, 3.63) is 88.3 Å². The third kappa shape index (κ3) is 6.38. The van der Waals surface area contributed by atoms with Crippen LogP contribution in [0.1, 0.15) is 25.0 Å². The highest BCUT2D eigenvalue weighted by Crippen LogP contribution is 2.30. The minimum atomic E-state index is -0.00606. The molecule has 2 N–H and O–H groups in total. The Bertz CT molecular complexity index is 1090. The van der Waals surface area contributed by atoms with E-state index in [9.17, 15) is 4.79 Å². The summed E-state index contributed by atoms with van der Waals surface area (Å²) in [7, 11) is 1.62. The number of benzene rings is 2. The predicted molar refractivity (Wildman–Crippen MR) is 129 cm³/mol. The van der Waals surface area contributed by atoms with Gasteiger partial charge in [0.2, 0.25) is 0 Å². The molecule has 0 saturated carbocycles. The zero-order chi connectivity index (χ0) is 22.8. The van der Waals surface area contributed by atoms with Crippen LogP contribution in [0, 0.1) is 0 Å². The first kappa shape index (κ1) is 22.9. The summed E-state index contributed by atoms with van der Waals surface area (Å²) in [6, 6.07) is 19.0. The monoisotopic (exact) mass is 434 g/mol. The van der Waals surface area contributed by atoms with Gasteiger partial charge in [0.05, 0.1) is 26.8 Å². The number of hydrogen-bond acceptors (Lipinski definition) is 4. The number of anilines is 1. The van der Waals surface area contributed by atoms with E-state index in [0.29, 0.717) is 37.2 Å². The molecule has 0 spiro atoms. The number of guanidine groups is 1. The fraction of sp³-hybridized carbons (Fsp3) is 0.280. The lowest BCUT2D eigenvalue weighted by Crippen LogP contribution is -2.30. The number of rotatable bonds is 9. The first-order chi connectivity index (χ1) is 15.6. The molecule has 7 heteroatoms. The zero-order valence-electron chi connectivity index (χ0n) is 18.8. The van der Waals surface area contributed by atoms with Crippen LogP contribution in [0.4, 0.5) is 5.69 Å². The Balaban J connectivity index is 1.67. The second-order valence-corrected chi connectivity index (χ2v) is 7.10. The lowest BCUT2D eigenvalue weighted by atomic mass is 10.1. The highest BCUT2D eigenvalue weighted by atomic mass is 16.5. The van der Waals surface area contributed by atoms with E-state index in [1.807, 2.05) is 62.4 Å². The van der Waals surface area contributed by atoms with Crippen LogP contribution in [0.5, 0.6) is 11.5 Å². The lowest BCUT2D eigenvalue weighted by molar-refractivity contribution is 0.311. The Hall–Kier alpha value is -3.74. The Kier molecular flexibility index (Phi) is 8.31. The van der Waals surface area contributed by atoms with Gasteiger partial charge in [-0.25, -0.2) is 4.99 Å². The molecule has 0 aliphatic heterocycles. The van der Waals surface area contributed by atoms with E-state index in [2.05, 4.69) is 15.6 Å². The van der Waals surface area contributed by atoms with Gasteiger partial charge in [0.25, 0.3) is 5.56 Å². The van der Waals surface area contributed by atoms with E-state index in [4.69, 9.17) is 9.47 Å². The van der Waals surface area contributed by atoms with E-state index in [-0.39, 0.29) is 5.56 Å². The molecule has 1 aromatic heterocycles. The molecule has 2 aromatic carbocycles. The molecule has 0 atom stereocenters. The van der Waals surface area contributed by atoms with Crippen LogP contribution in [-0.2, 0) is 13.1 Å². The molecule has 0 saturated heterocycles. The standard InChI is InChI=1S/C25H30N4O3/c1-4-26-25(28-21-13-14-22(32-5-2)23(16-21)31-3)27-17-19-9-11-20(12-10-19)18-29-15-7-6-8-24(29)30/h6-16H,4-5,17-18H2,1-3H3,(H2,26,27,28). The minimum Gasteiger partial charge on any atom is -0.493 e. The van der Waals surface area contributed by atoms with Gasteiger partial charge in [0, 0.05) is 30.6 Å². The second kappa shape index (κ2) is 11.6. The second-order valence-electron chi connectivity index (χ2n) is 7.10. The maximum Gasteiger partial charge on any atom is 0.250 e. The van der Waals surface area contributed by atoms with Gasteiger partial charge in [-0.15, -0.1) is 0 Å². The Labute approximate surface area is 188 Å². The summed E-state index contributed by atoms with van der Waals surface area (Å²) >= 11 is 0. The average Bonchev–Trinajstić information content (AvgIpc) is 2.81. The van der Waals surface area contributed by atoms with Crippen LogP contribution in [0.25, 0.3) is 0 Å². The van der Waals surface area contributed by atoms with Crippen LogP contribution in [0.15, 0.2) is 76.6 Å². The maximum absolute atomic E-state index is 11.9. The summed E-state index contributed by atoms with van der Waals surface area (Å²) in [5.41, 5.74) is 3.00. The van der Waals surface area contributed by atoms with Crippen LogP contribution in [-0.4, -0.2) is 30.8 Å². The van der Waals surface area contributed by atoms with Gasteiger partial charge in [0.1, 0.15) is 0 Å². The number of nitrogens with one attached hydrogen (secondary N) is 2. The molecule has 0 fully saturated rings. The highest BCUT2D eigenvalue weighted by molar-refractivity contribution is 5.93. The normalized spacial score (nSPS) is 11.2. The van der Waals surface area contributed by atoms with Gasteiger partial charge in [-0.1, -0.05) is 30.3 Å². The molecule has 32 heavy (non-hydrogen) atoms. The number of hydrogen-bond donors (Lipinski definition) is 2. The quantitative estimate of drug-likeness (QED) is 0.395. The third-order valence-corrected chi connectivity index (χ3v) is 4.77. The maximum atomic E-state index is 11.9. The summed E-state index contributed by atoms with van der Waals surface area (Å²) in [6.45, 7) is 6.35. The Morgan fingerprint density at radius 2 is 1.78 bits per heavy atom. The number of pyridine rings is 1. The van der Waals surface area contributed by atoms with Gasteiger partial charge >= 0.3 is 0 Å². The fourth-order valence-electron chi connectivity index (χ4n) is 3.17. The third-order valence-electron chi connectivity index (χ3n) is 4.77. The molecular formula is C25H30N4O3. The van der Waals surface area contributed by atoms with Crippen LogP contribution in [0.3, 0.4) is 0 Å². The van der Waals surface area contributed by atoms with E-state index >= 15 is 0 Å². The van der Waals surface area contributed by atoms with Crippen molar-refractivity contribution in [1.82, 2.24) is 9.88 Å². The predicted octanol–water partition coefficient (Wildman–Crippen LogP) is 3.88. The molecule has 168 valence electrons. The molecule has 7 nitrogen and oxygen atoms in total. The summed E-state index contributed by atoms with van der Waals surface area (Å²) < 4.78 is 12.7. The highest BCUT2D eigenvalue weighted by Gasteiger charge is 2.07. The van der Waals surface area contributed by atoms with Crippen molar-refractivity contribution < 1.29 is 9.47 Å². The molecule has 0 radical (unpaired) electrons. The molecule has 0 aliphatic carbocycles. The number of aliphatic imine (C=N–C) groups is 1. The summed E-state index contributed by atoms with van der Waals surface area (Å²) in [5, 5.41) is 6.57. The van der Waals surface area contributed by atoms with Crippen molar-refractivity contribution in [1.29, 1.82) is 0 Å². The van der Waals surface area contributed by atoms with Gasteiger partial charge in [-0.05, 0) is 43.2 Å². The molecule has 3 aromatic rings. The number of methoxy groups -OCH3 is 1. The van der Waals surface area contributed by atoms with Crippen molar-refractivity contribution in [2.45, 2.75) is 26.9 Å². The topological polar surface area (TPSA) is 76.9 Å². The molecular weight excluding hydrogens is 404 g/mol. The molecule has 0 bridgehead atoms. The van der Waals surface area contributed by atoms with Crippen molar-refractivity contribution >= 4 is 11.6 Å². The van der Waals surface area contributed by atoms with Gasteiger partial charge in [0.15, 0.2) is 17.5 Å². The largest absolute Gasteiger partial charge is 0.493 e. The first-order valence-electron chi connectivity index (χ1n) is 10.7. The van der Waals surface area contributed by atoms with Crippen LogP contribution in [0.2, 0.25) is 0 Å². The number of ether oxygens (including phenoxy) is 2. The number of aromatic nitrogens is 1. The fourth-order valence-corrected chi connectivity index (χ4v) is 3.17. The van der Waals surface area contributed by atoms with E-state index in [0.717, 1.165) is 23.4 Å². The molecule has 1 heterocycles. The molecule has 3 rings (SSSR count). The van der Waals surface area contributed by atoms with E-state index < -0.39 is 0 Å². The smallest absolute Gasteiger partial charge is 0.250 e. The summed E-state index contributed by atoms with van der Waals surface area (Å²) in [6.07, 6.45) is 1.80. The lowest BCUT2D eigenvalue weighted by Gasteiger charge is -2.14. The summed E-state index contributed by atoms with van der Waals surface area (Å²) in [4.78, 5) is 16.6. The Morgan fingerprint density at radius 3 is 2.47 bits per heavy atom. The molecule has 0 amide bonds. The van der Waals surface area contributed by atoms with Crippen molar-refractivity contribution in [2.75, 3.05) is 25.6 Å². The summed E-state index contributed by atoms with van der Waals surface area (Å²) in [5.74, 6) is 2.06. The van der Waals surface area contributed by atoms with Crippen molar-refractivity contribution in [3.63, 3.8) is 0 Å². The van der Waals surface area contributed by atoms with Gasteiger partial charge < -0.3 is 24.7 Å². The van der Waals surface area contributed by atoms with E-state index in [1.54, 1.807) is 30.0 Å². The van der Waals surface area contributed by atoms with Crippen LogP contribution >= 0.6 is 0 Å². The van der Waals surface area contributed by atoms with Gasteiger partial charge in [-0.2, -0.15) is 0 Å². The molecule has 0 aliphatic rings. The Morgan fingerprint density at radius 1 is 1.00 bits per heavy atom. The van der Waals surface area contributed by atoms with Crippen molar-refractivity contribution in [3.8, 4) is 11.5 Å². The SMILES string of the molecule is CCNC(=NCc1ccc(Cn2ccccc2=O)cc1)Nc1ccc(OCC)c(OC)c1.